The first kappa shape index (κ1) is 47.6. The molecule has 3 aliphatic carbocycles. The minimum Gasteiger partial charge on any atom is -0.455 e. The lowest BCUT2D eigenvalue weighted by molar-refractivity contribution is 0.600. The van der Waals surface area contributed by atoms with Crippen molar-refractivity contribution in [1.29, 1.82) is 0 Å². The first-order valence-corrected chi connectivity index (χ1v) is 28.6. The third-order valence-corrected chi connectivity index (χ3v) is 18.7. The lowest BCUT2D eigenvalue weighted by atomic mass is 9.72. The molecular weight excluding hydrogens is 985 g/mol. The zero-order valence-electron chi connectivity index (χ0n) is 47.0. The number of fused-ring (bicyclic) bond motifs is 19. The van der Waals surface area contributed by atoms with Crippen LogP contribution < -0.4 is 9.80 Å². The molecule has 4 heteroatoms. The van der Waals surface area contributed by atoms with E-state index in [2.05, 4.69) is 284 Å². The average molecular weight is 1050 g/mol. The molecular formula is C77H60N2O2. The summed E-state index contributed by atoms with van der Waals surface area (Å²) in [6.07, 6.45) is 0. The topological polar surface area (TPSA) is 32.8 Å². The highest BCUT2D eigenvalue weighted by molar-refractivity contribution is 6.21. The van der Waals surface area contributed by atoms with Gasteiger partial charge in [-0.25, -0.2) is 0 Å². The van der Waals surface area contributed by atoms with Crippen LogP contribution in [0.4, 0.5) is 34.1 Å². The van der Waals surface area contributed by atoms with Crippen LogP contribution in [0.3, 0.4) is 0 Å². The van der Waals surface area contributed by atoms with E-state index in [1.807, 2.05) is 0 Å². The molecule has 3 aliphatic rings. The fourth-order valence-corrected chi connectivity index (χ4v) is 15.0. The Kier molecular flexibility index (Phi) is 9.89. The van der Waals surface area contributed by atoms with E-state index < -0.39 is 0 Å². The van der Waals surface area contributed by atoms with Gasteiger partial charge in [-0.1, -0.05) is 174 Å². The second-order valence-electron chi connectivity index (χ2n) is 24.5. The van der Waals surface area contributed by atoms with Crippen LogP contribution in [0.2, 0.25) is 0 Å². The van der Waals surface area contributed by atoms with Crippen LogP contribution in [0.25, 0.3) is 88.4 Å². The summed E-state index contributed by atoms with van der Waals surface area (Å²) in [7, 11) is 0. The third kappa shape index (κ3) is 6.59. The second-order valence-corrected chi connectivity index (χ2v) is 24.5. The zero-order valence-corrected chi connectivity index (χ0v) is 47.0. The number of hydrogen-bond acceptors (Lipinski definition) is 4. The SMILES string of the molecule is Cc1ccc(-c2cc3c(c4c2oc2ccccc24)-c2ccc(N(c4ccc(N(c5ccccc5)c5ccccc5)cc4)c4ccc5c(c4)C(C)(C)c4c6c(c7oc8ccccc8c7c4-5)-c4ccccc4C6(C)C)cc2C3(C)C)c(C)c1. The number of rotatable bonds is 7. The highest BCUT2D eigenvalue weighted by Crippen LogP contribution is 2.64. The monoisotopic (exact) mass is 1040 g/mol. The van der Waals surface area contributed by atoms with Crippen LogP contribution in [0.15, 0.2) is 227 Å². The van der Waals surface area contributed by atoms with Gasteiger partial charge in [0.1, 0.15) is 22.3 Å². The Morgan fingerprint density at radius 1 is 0.309 bits per heavy atom. The van der Waals surface area contributed by atoms with Gasteiger partial charge >= 0.3 is 0 Å². The van der Waals surface area contributed by atoms with Crippen LogP contribution >= 0.6 is 0 Å². The van der Waals surface area contributed by atoms with Crippen LogP contribution in [0.5, 0.6) is 0 Å². The first-order valence-electron chi connectivity index (χ1n) is 28.6. The van der Waals surface area contributed by atoms with Gasteiger partial charge in [0.25, 0.3) is 0 Å². The molecule has 0 atom stereocenters. The normalized spacial score (nSPS) is 14.7. The first-order chi connectivity index (χ1) is 39.3. The van der Waals surface area contributed by atoms with Gasteiger partial charge in [-0.3, -0.25) is 0 Å². The van der Waals surface area contributed by atoms with Crippen molar-refractivity contribution in [3.05, 3.63) is 263 Å². The molecule has 0 spiro atoms. The predicted molar refractivity (Wildman–Crippen MR) is 338 cm³/mol. The van der Waals surface area contributed by atoms with Gasteiger partial charge in [0.2, 0.25) is 0 Å². The maximum atomic E-state index is 7.05. The Balaban J connectivity index is 0.915. The maximum absolute atomic E-state index is 7.05. The molecule has 390 valence electrons. The van der Waals surface area contributed by atoms with Crippen molar-refractivity contribution in [2.24, 2.45) is 0 Å². The second kappa shape index (κ2) is 16.8. The Bertz CT molecular complexity index is 4760. The molecule has 0 aliphatic heterocycles. The molecule has 2 aromatic heterocycles. The van der Waals surface area contributed by atoms with Crippen molar-refractivity contribution < 1.29 is 8.83 Å². The van der Waals surface area contributed by atoms with Gasteiger partial charge < -0.3 is 18.6 Å². The minimum atomic E-state index is -0.369. The van der Waals surface area contributed by atoms with Crippen molar-refractivity contribution in [2.45, 2.75) is 71.6 Å². The van der Waals surface area contributed by atoms with Crippen LogP contribution in [-0.4, -0.2) is 0 Å². The minimum absolute atomic E-state index is 0.255. The average Bonchev–Trinajstić information content (AvgIpc) is 2.98. The number of para-hydroxylation sites is 4. The maximum Gasteiger partial charge on any atom is 0.144 e. The van der Waals surface area contributed by atoms with Gasteiger partial charge in [0, 0.05) is 83.0 Å². The summed E-state index contributed by atoms with van der Waals surface area (Å²) < 4.78 is 14.0. The van der Waals surface area contributed by atoms with Crippen LogP contribution in [-0.2, 0) is 16.2 Å². The molecule has 0 amide bonds. The quantitative estimate of drug-likeness (QED) is 0.159. The summed E-state index contributed by atoms with van der Waals surface area (Å²) in [5.41, 5.74) is 29.8. The van der Waals surface area contributed by atoms with Crippen molar-refractivity contribution >= 4 is 78.0 Å². The fraction of sp³-hybridized carbons (Fsp3) is 0.143. The highest BCUT2D eigenvalue weighted by Gasteiger charge is 2.49. The molecule has 81 heavy (non-hydrogen) atoms. The van der Waals surface area contributed by atoms with Gasteiger partial charge in [-0.15, -0.1) is 0 Å². The number of benzene rings is 11. The van der Waals surface area contributed by atoms with E-state index in [0.717, 1.165) is 72.8 Å². The molecule has 0 fully saturated rings. The molecule has 0 saturated heterocycles. The van der Waals surface area contributed by atoms with E-state index in [0.29, 0.717) is 0 Å². The van der Waals surface area contributed by atoms with Gasteiger partial charge in [-0.2, -0.15) is 0 Å². The summed E-state index contributed by atoms with van der Waals surface area (Å²) >= 11 is 0. The number of aryl methyl sites for hydroxylation is 2. The molecule has 0 radical (unpaired) electrons. The molecule has 2 heterocycles. The van der Waals surface area contributed by atoms with Gasteiger partial charge in [0.05, 0.1) is 0 Å². The molecule has 0 saturated carbocycles. The number of anilines is 6. The summed E-state index contributed by atoms with van der Waals surface area (Å²) in [5.74, 6) is 0. The van der Waals surface area contributed by atoms with Gasteiger partial charge in [0.15, 0.2) is 0 Å². The number of hydrogen-bond donors (Lipinski definition) is 0. The molecule has 0 unspecified atom stereocenters. The third-order valence-electron chi connectivity index (χ3n) is 18.7. The van der Waals surface area contributed by atoms with E-state index in [1.165, 1.54) is 94.2 Å². The summed E-state index contributed by atoms with van der Waals surface area (Å²) in [4.78, 5) is 4.83. The molecule has 0 bridgehead atoms. The number of furan rings is 2. The van der Waals surface area contributed by atoms with E-state index in [9.17, 15) is 0 Å². The lowest BCUT2D eigenvalue weighted by Gasteiger charge is -2.32. The smallest absolute Gasteiger partial charge is 0.144 e. The largest absolute Gasteiger partial charge is 0.455 e. The fourth-order valence-electron chi connectivity index (χ4n) is 15.0. The number of nitrogens with zero attached hydrogens (tertiary/aromatic N) is 2. The Morgan fingerprint density at radius 2 is 0.753 bits per heavy atom. The molecule has 11 aromatic carbocycles. The molecule has 4 nitrogen and oxygen atoms in total. The van der Waals surface area contributed by atoms with Crippen molar-refractivity contribution in [1.82, 2.24) is 0 Å². The summed E-state index contributed by atoms with van der Waals surface area (Å²) in [6.45, 7) is 19.0. The summed E-state index contributed by atoms with van der Waals surface area (Å²) in [5, 5.41) is 4.70. The lowest BCUT2D eigenvalue weighted by Crippen LogP contribution is -2.24. The molecule has 13 aromatic rings. The molecule has 16 rings (SSSR count). The van der Waals surface area contributed by atoms with Crippen molar-refractivity contribution in [2.75, 3.05) is 9.80 Å². The highest BCUT2D eigenvalue weighted by atomic mass is 16.3. The van der Waals surface area contributed by atoms with E-state index in [4.69, 9.17) is 8.83 Å². The van der Waals surface area contributed by atoms with Crippen LogP contribution in [0, 0.1) is 13.8 Å². The zero-order chi connectivity index (χ0) is 54.8. The Hall–Kier alpha value is -9.38. The Morgan fingerprint density at radius 3 is 1.37 bits per heavy atom. The van der Waals surface area contributed by atoms with E-state index >= 15 is 0 Å². The van der Waals surface area contributed by atoms with Gasteiger partial charge in [-0.05, 0) is 177 Å². The molecule has 0 N–H and O–H groups in total. The van der Waals surface area contributed by atoms with Crippen molar-refractivity contribution in [3.8, 4) is 44.5 Å². The predicted octanol–water partition coefficient (Wildman–Crippen LogP) is 21.6. The van der Waals surface area contributed by atoms with Crippen LogP contribution in [0.1, 0.15) is 86.1 Å². The standard InChI is InChI=1S/C77H60N2O2/c1-45-31-38-53(46(2)41-45)59-44-63-66(68-57-26-16-19-29-64(57)80-73(59)68)55-39-36-51(42-61(55)75(63,3)4)79(50-34-32-49(33-35-50)78(47-21-11-9-12-22-47)48-23-13-10-14-24-48)52-37-40-56-62(43-52)77(7,8)71-67(56)69-58-27-17-20-30-65(58)81-74(69)70-54-25-15-18-28-60(54)76(5,6)72(70)71/h9-44H,1-8H3. The summed E-state index contributed by atoms with van der Waals surface area (Å²) in [6, 6.07) is 80.5. The van der Waals surface area contributed by atoms with E-state index in [1.54, 1.807) is 0 Å². The Labute approximate surface area is 473 Å². The van der Waals surface area contributed by atoms with Crippen molar-refractivity contribution in [3.63, 3.8) is 0 Å². The van der Waals surface area contributed by atoms with E-state index in [-0.39, 0.29) is 16.2 Å².